The summed E-state index contributed by atoms with van der Waals surface area (Å²) in [5.74, 6) is 0.155. The predicted octanol–water partition coefficient (Wildman–Crippen LogP) is 3.99. The molecule has 2 aromatic rings. The molecule has 20 heavy (non-hydrogen) atoms. The van der Waals surface area contributed by atoms with Gasteiger partial charge >= 0.3 is 0 Å². The quantitative estimate of drug-likeness (QED) is 0.845. The van der Waals surface area contributed by atoms with Crippen molar-refractivity contribution >= 4 is 21.8 Å². The zero-order chi connectivity index (χ0) is 14.1. The van der Waals surface area contributed by atoms with Gasteiger partial charge in [0.05, 0.1) is 17.3 Å². The Morgan fingerprint density at radius 1 is 1.40 bits per heavy atom. The highest BCUT2D eigenvalue weighted by Crippen LogP contribution is 2.30. The van der Waals surface area contributed by atoms with Crippen molar-refractivity contribution in [2.24, 2.45) is 0 Å². The summed E-state index contributed by atoms with van der Waals surface area (Å²) in [7, 11) is 0. The molecule has 3 rings (SSSR count). The summed E-state index contributed by atoms with van der Waals surface area (Å²) < 4.78 is 19.2. The first-order valence-electron chi connectivity index (χ1n) is 6.43. The lowest BCUT2D eigenvalue weighted by Crippen LogP contribution is -2.32. The van der Waals surface area contributed by atoms with Crippen molar-refractivity contribution in [2.45, 2.75) is 25.4 Å². The van der Waals surface area contributed by atoms with Crippen molar-refractivity contribution < 1.29 is 13.6 Å². The van der Waals surface area contributed by atoms with E-state index in [1.807, 2.05) is 6.07 Å². The van der Waals surface area contributed by atoms with E-state index in [1.165, 1.54) is 6.07 Å². The smallest absolute Gasteiger partial charge is 0.254 e. The molecule has 0 bridgehead atoms. The van der Waals surface area contributed by atoms with Gasteiger partial charge in [-0.2, -0.15) is 0 Å². The minimum Gasteiger partial charge on any atom is -0.467 e. The number of rotatable bonds is 4. The molecule has 0 N–H and O–H groups in total. The molecule has 104 valence electrons. The largest absolute Gasteiger partial charge is 0.467 e. The van der Waals surface area contributed by atoms with Crippen LogP contribution in [0.1, 0.15) is 29.0 Å². The molecule has 1 saturated carbocycles. The number of amides is 1. The maximum absolute atomic E-state index is 13.6. The molecule has 1 aliphatic carbocycles. The summed E-state index contributed by atoms with van der Waals surface area (Å²) in [6.45, 7) is 0.425. The second-order valence-electron chi connectivity index (χ2n) is 4.87. The summed E-state index contributed by atoms with van der Waals surface area (Å²) in [5, 5.41) is 0. The van der Waals surface area contributed by atoms with Crippen LogP contribution in [0.5, 0.6) is 0 Å². The van der Waals surface area contributed by atoms with E-state index in [1.54, 1.807) is 29.4 Å². The van der Waals surface area contributed by atoms with Crippen LogP contribution in [0.25, 0.3) is 0 Å². The van der Waals surface area contributed by atoms with E-state index < -0.39 is 5.82 Å². The summed E-state index contributed by atoms with van der Waals surface area (Å²) in [4.78, 5) is 14.3. The summed E-state index contributed by atoms with van der Waals surface area (Å²) >= 11 is 3.09. The molecule has 3 nitrogen and oxygen atoms in total. The Labute approximate surface area is 124 Å². The third-order valence-corrected chi connectivity index (χ3v) is 3.96. The van der Waals surface area contributed by atoms with Gasteiger partial charge in [0, 0.05) is 11.6 Å². The Morgan fingerprint density at radius 3 is 2.80 bits per heavy atom. The molecular formula is C15H13BrFNO2. The van der Waals surface area contributed by atoms with Crippen LogP contribution in [0.3, 0.4) is 0 Å². The van der Waals surface area contributed by atoms with Crippen molar-refractivity contribution in [1.82, 2.24) is 4.90 Å². The number of hydrogen-bond acceptors (Lipinski definition) is 2. The van der Waals surface area contributed by atoms with E-state index in [-0.39, 0.29) is 11.9 Å². The van der Waals surface area contributed by atoms with Crippen LogP contribution < -0.4 is 0 Å². The topological polar surface area (TPSA) is 33.5 Å². The first kappa shape index (κ1) is 13.4. The number of nitrogens with zero attached hydrogens (tertiary/aromatic N) is 1. The number of halogens is 2. The molecule has 1 aromatic carbocycles. The monoisotopic (exact) mass is 337 g/mol. The van der Waals surface area contributed by atoms with Crippen molar-refractivity contribution in [3.63, 3.8) is 0 Å². The number of hydrogen-bond donors (Lipinski definition) is 0. The number of benzene rings is 1. The van der Waals surface area contributed by atoms with Gasteiger partial charge in [-0.05, 0) is 59.1 Å². The van der Waals surface area contributed by atoms with Gasteiger partial charge in [0.15, 0.2) is 0 Å². The van der Waals surface area contributed by atoms with Crippen LogP contribution in [0.4, 0.5) is 4.39 Å². The minimum atomic E-state index is -0.426. The highest BCUT2D eigenvalue weighted by molar-refractivity contribution is 9.10. The first-order chi connectivity index (χ1) is 9.65. The molecule has 1 aliphatic rings. The maximum atomic E-state index is 13.6. The molecule has 0 radical (unpaired) electrons. The van der Waals surface area contributed by atoms with Gasteiger partial charge in [-0.15, -0.1) is 0 Å². The molecule has 1 aromatic heterocycles. The third-order valence-electron chi connectivity index (χ3n) is 3.32. The molecular weight excluding hydrogens is 325 g/mol. The van der Waals surface area contributed by atoms with Gasteiger partial charge in [-0.25, -0.2) is 4.39 Å². The van der Waals surface area contributed by atoms with Gasteiger partial charge in [0.1, 0.15) is 11.6 Å². The van der Waals surface area contributed by atoms with Crippen LogP contribution >= 0.6 is 15.9 Å². The van der Waals surface area contributed by atoms with E-state index in [2.05, 4.69) is 15.9 Å². The Hall–Kier alpha value is -1.62. The Morgan fingerprint density at radius 2 is 2.20 bits per heavy atom. The molecule has 5 heteroatoms. The lowest BCUT2D eigenvalue weighted by atomic mass is 10.2. The standard InChI is InChI=1S/C15H13BrFNO2/c16-13-6-3-10(8-14(13)17)15(19)18(11-4-5-11)9-12-2-1-7-20-12/h1-3,6-8,11H,4-5,9H2. The van der Waals surface area contributed by atoms with Gasteiger partial charge in [-0.1, -0.05) is 0 Å². The molecule has 1 fully saturated rings. The average molecular weight is 338 g/mol. The summed E-state index contributed by atoms with van der Waals surface area (Å²) in [6, 6.07) is 8.33. The zero-order valence-corrected chi connectivity index (χ0v) is 12.3. The molecule has 1 amide bonds. The highest BCUT2D eigenvalue weighted by atomic mass is 79.9. The van der Waals surface area contributed by atoms with E-state index >= 15 is 0 Å². The highest BCUT2D eigenvalue weighted by Gasteiger charge is 2.33. The normalized spacial score (nSPS) is 14.3. The van der Waals surface area contributed by atoms with Crippen LogP contribution in [0.15, 0.2) is 45.5 Å². The SMILES string of the molecule is O=C(c1ccc(Br)c(F)c1)N(Cc1ccco1)C1CC1. The van der Waals surface area contributed by atoms with Crippen molar-refractivity contribution in [3.8, 4) is 0 Å². The Bertz CT molecular complexity index is 623. The van der Waals surface area contributed by atoms with E-state index in [0.29, 0.717) is 16.6 Å². The molecule has 0 aliphatic heterocycles. The van der Waals surface area contributed by atoms with Gasteiger partial charge in [0.2, 0.25) is 0 Å². The second kappa shape index (κ2) is 5.40. The van der Waals surface area contributed by atoms with Crippen LogP contribution in [-0.2, 0) is 6.54 Å². The second-order valence-corrected chi connectivity index (χ2v) is 5.73. The molecule has 1 heterocycles. The van der Waals surface area contributed by atoms with Gasteiger partial charge < -0.3 is 9.32 Å². The Balaban J connectivity index is 1.83. The number of carbonyl (C=O) groups is 1. The fourth-order valence-electron chi connectivity index (χ4n) is 2.12. The maximum Gasteiger partial charge on any atom is 0.254 e. The molecule has 0 atom stereocenters. The summed E-state index contributed by atoms with van der Waals surface area (Å²) in [5.41, 5.74) is 0.365. The van der Waals surface area contributed by atoms with Crippen molar-refractivity contribution in [3.05, 3.63) is 58.2 Å². The van der Waals surface area contributed by atoms with Crippen LogP contribution in [0, 0.1) is 5.82 Å². The van der Waals surface area contributed by atoms with Crippen LogP contribution in [0.2, 0.25) is 0 Å². The van der Waals surface area contributed by atoms with Gasteiger partial charge in [-0.3, -0.25) is 4.79 Å². The van der Waals surface area contributed by atoms with Gasteiger partial charge in [0.25, 0.3) is 5.91 Å². The van der Waals surface area contributed by atoms with E-state index in [4.69, 9.17) is 4.42 Å². The fourth-order valence-corrected chi connectivity index (χ4v) is 2.36. The fraction of sp³-hybridized carbons (Fsp3) is 0.267. The number of furan rings is 1. The van der Waals surface area contributed by atoms with E-state index in [9.17, 15) is 9.18 Å². The van der Waals surface area contributed by atoms with Crippen LogP contribution in [-0.4, -0.2) is 16.8 Å². The Kier molecular flexibility index (Phi) is 3.61. The molecule has 0 unspecified atom stereocenters. The first-order valence-corrected chi connectivity index (χ1v) is 7.23. The lowest BCUT2D eigenvalue weighted by molar-refractivity contribution is 0.0717. The minimum absolute atomic E-state index is 0.157. The van der Waals surface area contributed by atoms with E-state index in [0.717, 1.165) is 18.6 Å². The third kappa shape index (κ3) is 2.77. The molecule has 0 spiro atoms. The average Bonchev–Trinajstić information content (AvgIpc) is 3.15. The molecule has 0 saturated heterocycles. The van der Waals surface area contributed by atoms with Crippen molar-refractivity contribution in [1.29, 1.82) is 0 Å². The predicted molar refractivity (Wildman–Crippen MR) is 75.7 cm³/mol. The zero-order valence-electron chi connectivity index (χ0n) is 10.7. The lowest BCUT2D eigenvalue weighted by Gasteiger charge is -2.21. The number of carbonyl (C=O) groups excluding carboxylic acids is 1. The summed E-state index contributed by atoms with van der Waals surface area (Å²) in [6.07, 6.45) is 3.57. The van der Waals surface area contributed by atoms with Crippen molar-refractivity contribution in [2.75, 3.05) is 0 Å².